The van der Waals surface area contributed by atoms with Crippen LogP contribution in [0.15, 0.2) is 39.9 Å². The van der Waals surface area contributed by atoms with E-state index in [2.05, 4.69) is 15.4 Å². The van der Waals surface area contributed by atoms with Crippen molar-refractivity contribution < 1.29 is 4.74 Å². The summed E-state index contributed by atoms with van der Waals surface area (Å²) in [6.07, 6.45) is 1.82. The lowest BCUT2D eigenvalue weighted by Crippen LogP contribution is -2.27. The molecule has 0 unspecified atom stereocenters. The Morgan fingerprint density at radius 2 is 2.00 bits per heavy atom. The van der Waals surface area contributed by atoms with Gasteiger partial charge in [0.25, 0.3) is 0 Å². The van der Waals surface area contributed by atoms with Gasteiger partial charge >= 0.3 is 0 Å². The van der Waals surface area contributed by atoms with Gasteiger partial charge < -0.3 is 4.74 Å². The highest BCUT2D eigenvalue weighted by Crippen LogP contribution is 2.18. The summed E-state index contributed by atoms with van der Waals surface area (Å²) in [6.45, 7) is 0. The molecular weight excluding hydrogens is 240 g/mol. The van der Waals surface area contributed by atoms with Gasteiger partial charge in [-0.05, 0) is 23.8 Å². The third-order valence-electron chi connectivity index (χ3n) is 2.19. The first-order chi connectivity index (χ1) is 8.22. The number of rotatable bonds is 2. The summed E-state index contributed by atoms with van der Waals surface area (Å²) in [6, 6.07) is 7.52. The number of aliphatic imine (C=N–C) groups is 2. The minimum Gasteiger partial charge on any atom is -0.497 e. The van der Waals surface area contributed by atoms with Crippen LogP contribution in [0.5, 0.6) is 5.75 Å². The monoisotopic (exact) mass is 250 g/mol. The quantitative estimate of drug-likeness (QED) is 0.617. The molecule has 3 N–H and O–H groups in total. The average molecular weight is 251 g/mol. The van der Waals surface area contributed by atoms with Crippen LogP contribution in [0.3, 0.4) is 0 Å². The van der Waals surface area contributed by atoms with Crippen molar-refractivity contribution >= 4 is 28.8 Å². The maximum atomic E-state index is 5.91. The summed E-state index contributed by atoms with van der Waals surface area (Å²) in [5.74, 6) is 6.30. The number of nitrogens with two attached hydrogens (primary N) is 1. The summed E-state index contributed by atoms with van der Waals surface area (Å²) in [7, 11) is 1.62. The first-order valence-electron chi connectivity index (χ1n) is 4.88. The molecule has 0 atom stereocenters. The molecule has 1 aromatic carbocycles. The molecule has 0 amide bonds. The zero-order chi connectivity index (χ0) is 12.3. The fraction of sp³-hybridized carbons (Fsp3) is 0.0909. The molecule has 5 nitrogen and oxygen atoms in total. The summed E-state index contributed by atoms with van der Waals surface area (Å²) in [5.41, 5.74) is 3.87. The molecule has 0 saturated heterocycles. The molecule has 2 rings (SSSR count). The number of hydrazine groups is 1. The van der Waals surface area contributed by atoms with Crippen LogP contribution >= 0.6 is 11.6 Å². The molecule has 17 heavy (non-hydrogen) atoms. The zero-order valence-corrected chi connectivity index (χ0v) is 9.90. The molecule has 1 heterocycles. The Morgan fingerprint density at radius 3 is 2.53 bits per heavy atom. The highest BCUT2D eigenvalue weighted by Gasteiger charge is 2.13. The Bertz CT molecular complexity index is 505. The SMILES string of the molecule is COc1ccc(/C=C2/N=C(NN)N=C2Cl)cc1. The van der Waals surface area contributed by atoms with Gasteiger partial charge in [0.15, 0.2) is 5.17 Å². The Labute approximate surface area is 104 Å². The number of ether oxygens (including phenoxy) is 1. The van der Waals surface area contributed by atoms with Crippen LogP contribution in [0.25, 0.3) is 6.08 Å². The Morgan fingerprint density at radius 1 is 1.29 bits per heavy atom. The first-order valence-corrected chi connectivity index (χ1v) is 5.26. The van der Waals surface area contributed by atoms with E-state index < -0.39 is 0 Å². The molecule has 0 aliphatic carbocycles. The molecule has 1 aliphatic heterocycles. The molecule has 0 radical (unpaired) electrons. The third-order valence-corrected chi connectivity index (χ3v) is 2.47. The van der Waals surface area contributed by atoms with E-state index in [0.29, 0.717) is 16.8 Å². The van der Waals surface area contributed by atoms with Crippen LogP contribution in [0.4, 0.5) is 0 Å². The number of benzene rings is 1. The maximum absolute atomic E-state index is 5.91. The number of guanidine groups is 1. The van der Waals surface area contributed by atoms with Crippen LogP contribution in [-0.2, 0) is 0 Å². The normalized spacial score (nSPS) is 16.8. The number of halogens is 1. The van der Waals surface area contributed by atoms with E-state index >= 15 is 0 Å². The number of nitrogens with one attached hydrogen (secondary N) is 1. The smallest absolute Gasteiger partial charge is 0.239 e. The van der Waals surface area contributed by atoms with Crippen LogP contribution in [0, 0.1) is 0 Å². The summed E-state index contributed by atoms with van der Waals surface area (Å²) in [4.78, 5) is 8.02. The standard InChI is InChI=1S/C11H11ClN4O/c1-17-8-4-2-7(3-5-8)6-9-10(12)15-11(14-9)16-13/h2-6H,13H2,1H3,(H,14,16)/b9-6+. The lowest BCUT2D eigenvalue weighted by Gasteiger charge is -1.99. The fourth-order valence-corrected chi connectivity index (χ4v) is 1.53. The van der Waals surface area contributed by atoms with E-state index in [1.165, 1.54) is 0 Å². The molecule has 1 aromatic rings. The van der Waals surface area contributed by atoms with Gasteiger partial charge in [-0.15, -0.1) is 0 Å². The molecule has 88 valence electrons. The van der Waals surface area contributed by atoms with Crippen molar-refractivity contribution in [3.05, 3.63) is 35.5 Å². The first kappa shape index (κ1) is 11.6. The number of allylic oxidation sites excluding steroid dienone is 1. The van der Waals surface area contributed by atoms with Crippen LogP contribution < -0.4 is 16.0 Å². The Kier molecular flexibility index (Phi) is 3.41. The molecule has 0 saturated carbocycles. The lowest BCUT2D eigenvalue weighted by molar-refractivity contribution is 0.415. The minimum atomic E-state index is 0.301. The summed E-state index contributed by atoms with van der Waals surface area (Å²) < 4.78 is 5.07. The predicted molar refractivity (Wildman–Crippen MR) is 69.0 cm³/mol. The number of methoxy groups -OCH3 is 1. The largest absolute Gasteiger partial charge is 0.497 e. The van der Waals surface area contributed by atoms with Crippen molar-refractivity contribution in [3.8, 4) is 5.75 Å². The molecule has 0 fully saturated rings. The highest BCUT2D eigenvalue weighted by atomic mass is 35.5. The summed E-state index contributed by atoms with van der Waals surface area (Å²) in [5, 5.41) is 0.314. The minimum absolute atomic E-state index is 0.301. The molecule has 6 heteroatoms. The van der Waals surface area contributed by atoms with E-state index in [-0.39, 0.29) is 0 Å². The van der Waals surface area contributed by atoms with E-state index in [1.807, 2.05) is 30.3 Å². The topological polar surface area (TPSA) is 72.0 Å². The predicted octanol–water partition coefficient (Wildman–Crippen LogP) is 1.51. The third kappa shape index (κ3) is 2.64. The van der Waals surface area contributed by atoms with E-state index in [0.717, 1.165) is 11.3 Å². The number of hydrogen-bond acceptors (Lipinski definition) is 5. The second-order valence-corrected chi connectivity index (χ2v) is 3.64. The van der Waals surface area contributed by atoms with Gasteiger partial charge in [0.05, 0.1) is 7.11 Å². The lowest BCUT2D eigenvalue weighted by atomic mass is 10.2. The van der Waals surface area contributed by atoms with Crippen molar-refractivity contribution in [3.63, 3.8) is 0 Å². The highest BCUT2D eigenvalue weighted by molar-refractivity contribution is 6.71. The van der Waals surface area contributed by atoms with Gasteiger partial charge in [0.2, 0.25) is 5.96 Å². The second kappa shape index (κ2) is 4.99. The van der Waals surface area contributed by atoms with Crippen LogP contribution in [-0.4, -0.2) is 18.2 Å². The molecule has 1 aliphatic rings. The van der Waals surface area contributed by atoms with Gasteiger partial charge in [-0.25, -0.2) is 10.8 Å². The maximum Gasteiger partial charge on any atom is 0.239 e. The van der Waals surface area contributed by atoms with Gasteiger partial charge in [0.1, 0.15) is 11.4 Å². The van der Waals surface area contributed by atoms with Gasteiger partial charge in [-0.2, -0.15) is 4.99 Å². The number of nitrogens with zero attached hydrogens (tertiary/aromatic N) is 2. The van der Waals surface area contributed by atoms with E-state index in [4.69, 9.17) is 22.2 Å². The van der Waals surface area contributed by atoms with Gasteiger partial charge in [-0.1, -0.05) is 23.7 Å². The Hall–Kier alpha value is -1.85. The van der Waals surface area contributed by atoms with E-state index in [9.17, 15) is 0 Å². The van der Waals surface area contributed by atoms with Crippen molar-refractivity contribution in [2.24, 2.45) is 15.8 Å². The molecular formula is C11H11ClN4O. The zero-order valence-electron chi connectivity index (χ0n) is 9.14. The fourth-order valence-electron chi connectivity index (χ4n) is 1.35. The van der Waals surface area contributed by atoms with E-state index in [1.54, 1.807) is 7.11 Å². The average Bonchev–Trinajstić information content (AvgIpc) is 2.71. The van der Waals surface area contributed by atoms with Gasteiger partial charge in [0, 0.05) is 0 Å². The summed E-state index contributed by atoms with van der Waals surface area (Å²) >= 11 is 5.91. The van der Waals surface area contributed by atoms with Crippen molar-refractivity contribution in [1.82, 2.24) is 5.43 Å². The van der Waals surface area contributed by atoms with Crippen LogP contribution in [0.2, 0.25) is 0 Å². The molecule has 0 bridgehead atoms. The van der Waals surface area contributed by atoms with Crippen LogP contribution in [0.1, 0.15) is 5.56 Å². The van der Waals surface area contributed by atoms with Crippen molar-refractivity contribution in [1.29, 1.82) is 0 Å². The molecule has 0 aromatic heterocycles. The Balaban J connectivity index is 2.25. The van der Waals surface area contributed by atoms with Gasteiger partial charge in [-0.3, -0.25) is 5.43 Å². The molecule has 0 spiro atoms. The second-order valence-electron chi connectivity index (χ2n) is 3.29. The van der Waals surface area contributed by atoms with Crippen molar-refractivity contribution in [2.45, 2.75) is 0 Å². The number of hydrogen-bond donors (Lipinski definition) is 2. The van der Waals surface area contributed by atoms with Crippen molar-refractivity contribution in [2.75, 3.05) is 7.11 Å².